The maximum Gasteiger partial charge on any atom is 0.255 e. The Bertz CT molecular complexity index is 580. The molecule has 1 fully saturated rings. The predicted molar refractivity (Wildman–Crippen MR) is 92.6 cm³/mol. The number of nitrogens with one attached hydrogen (secondary N) is 1. The largest absolute Gasteiger partial charge is 0.349 e. The van der Waals surface area contributed by atoms with Crippen molar-refractivity contribution >= 4 is 11.8 Å². The summed E-state index contributed by atoms with van der Waals surface area (Å²) in [6.07, 6.45) is 4.46. The predicted octanol–water partition coefficient (Wildman–Crippen LogP) is 2.25. The van der Waals surface area contributed by atoms with Gasteiger partial charge in [0.25, 0.3) is 5.91 Å². The fourth-order valence-corrected chi connectivity index (χ4v) is 3.01. The van der Waals surface area contributed by atoms with Crippen LogP contribution in [0.3, 0.4) is 0 Å². The molecule has 1 unspecified atom stereocenters. The van der Waals surface area contributed by atoms with Crippen LogP contribution in [0, 0.1) is 19.8 Å². The Morgan fingerprint density at radius 2 is 1.96 bits per heavy atom. The van der Waals surface area contributed by atoms with E-state index in [-0.39, 0.29) is 17.9 Å². The second-order valence-electron chi connectivity index (χ2n) is 6.98. The van der Waals surface area contributed by atoms with Crippen molar-refractivity contribution in [1.29, 1.82) is 0 Å². The molecule has 1 aromatic rings. The number of aryl methyl sites for hydroxylation is 2. The number of aromatic nitrogens is 2. The van der Waals surface area contributed by atoms with Crippen LogP contribution in [-0.4, -0.2) is 45.8 Å². The van der Waals surface area contributed by atoms with Crippen molar-refractivity contribution in [2.45, 2.75) is 59.4 Å². The molecule has 1 atom stereocenters. The van der Waals surface area contributed by atoms with Crippen molar-refractivity contribution in [1.82, 2.24) is 20.2 Å². The number of rotatable bonds is 5. The molecule has 24 heavy (non-hydrogen) atoms. The second kappa shape index (κ2) is 8.22. The highest BCUT2D eigenvalue weighted by Gasteiger charge is 2.25. The maximum absolute atomic E-state index is 12.6. The summed E-state index contributed by atoms with van der Waals surface area (Å²) < 4.78 is 0. The number of carbonyl (C=O) groups is 2. The number of nitrogens with zero attached hydrogens (tertiary/aromatic N) is 3. The Morgan fingerprint density at radius 1 is 1.29 bits per heavy atom. The van der Waals surface area contributed by atoms with Crippen LogP contribution < -0.4 is 5.32 Å². The summed E-state index contributed by atoms with van der Waals surface area (Å²) in [6, 6.07) is 0.0181. The summed E-state index contributed by atoms with van der Waals surface area (Å²) in [5, 5.41) is 3.06. The van der Waals surface area contributed by atoms with Gasteiger partial charge in [-0.3, -0.25) is 9.59 Å². The standard InChI is InChI=1S/C18H28N4O2/c1-12(2)7-9-22-10-8-15(5-6-16(22)23)21-18(24)17-13(3)19-11-20-14(17)4/h11-12,15H,5-10H2,1-4H3,(H,21,24). The van der Waals surface area contributed by atoms with E-state index in [2.05, 4.69) is 29.1 Å². The highest BCUT2D eigenvalue weighted by Crippen LogP contribution is 2.16. The summed E-state index contributed by atoms with van der Waals surface area (Å²) in [5.74, 6) is 0.641. The Morgan fingerprint density at radius 3 is 2.58 bits per heavy atom. The van der Waals surface area contributed by atoms with E-state index < -0.39 is 0 Å². The minimum absolute atomic E-state index is 0.0181. The van der Waals surface area contributed by atoms with Crippen LogP contribution >= 0.6 is 0 Å². The summed E-state index contributed by atoms with van der Waals surface area (Å²) in [7, 11) is 0. The smallest absolute Gasteiger partial charge is 0.255 e. The van der Waals surface area contributed by atoms with Crippen molar-refractivity contribution < 1.29 is 9.59 Å². The Hall–Kier alpha value is -1.98. The number of hydrogen-bond donors (Lipinski definition) is 1. The molecular weight excluding hydrogens is 304 g/mol. The zero-order chi connectivity index (χ0) is 17.7. The first kappa shape index (κ1) is 18.4. The van der Waals surface area contributed by atoms with Gasteiger partial charge >= 0.3 is 0 Å². The Labute approximate surface area is 144 Å². The van der Waals surface area contributed by atoms with Gasteiger partial charge < -0.3 is 10.2 Å². The van der Waals surface area contributed by atoms with E-state index in [1.807, 2.05) is 18.7 Å². The molecule has 2 heterocycles. The van der Waals surface area contributed by atoms with Gasteiger partial charge in [-0.25, -0.2) is 9.97 Å². The van der Waals surface area contributed by atoms with Crippen molar-refractivity contribution in [2.75, 3.05) is 13.1 Å². The monoisotopic (exact) mass is 332 g/mol. The molecule has 0 aliphatic carbocycles. The van der Waals surface area contributed by atoms with E-state index in [9.17, 15) is 9.59 Å². The van der Waals surface area contributed by atoms with E-state index in [0.717, 1.165) is 19.4 Å². The summed E-state index contributed by atoms with van der Waals surface area (Å²) in [4.78, 5) is 34.9. The molecule has 0 radical (unpaired) electrons. The number of likely N-dealkylation sites (tertiary alicyclic amines) is 1. The molecule has 2 rings (SSSR count). The fraction of sp³-hybridized carbons (Fsp3) is 0.667. The van der Waals surface area contributed by atoms with Crippen LogP contribution in [-0.2, 0) is 4.79 Å². The highest BCUT2D eigenvalue weighted by molar-refractivity contribution is 5.96. The minimum atomic E-state index is -0.140. The lowest BCUT2D eigenvalue weighted by Gasteiger charge is -2.22. The molecule has 0 bridgehead atoms. The molecule has 6 heteroatoms. The van der Waals surface area contributed by atoms with Gasteiger partial charge in [-0.05, 0) is 39.0 Å². The van der Waals surface area contributed by atoms with Crippen LogP contribution in [0.5, 0.6) is 0 Å². The summed E-state index contributed by atoms with van der Waals surface area (Å²) in [5.41, 5.74) is 1.91. The van der Waals surface area contributed by atoms with Crippen molar-refractivity contribution in [3.8, 4) is 0 Å². The summed E-state index contributed by atoms with van der Waals surface area (Å²) >= 11 is 0. The molecule has 0 saturated carbocycles. The van der Waals surface area contributed by atoms with Crippen LogP contribution in [0.1, 0.15) is 61.3 Å². The lowest BCUT2D eigenvalue weighted by atomic mass is 10.1. The second-order valence-corrected chi connectivity index (χ2v) is 6.98. The SMILES string of the molecule is Cc1ncnc(C)c1C(=O)NC1CCC(=O)N(CCC(C)C)CC1. The molecule has 0 spiro atoms. The van der Waals surface area contributed by atoms with Crippen LogP contribution in [0.15, 0.2) is 6.33 Å². The normalized spacial score (nSPS) is 18.6. The number of amides is 2. The van der Waals surface area contributed by atoms with Crippen molar-refractivity contribution in [3.63, 3.8) is 0 Å². The van der Waals surface area contributed by atoms with Gasteiger partial charge in [0.2, 0.25) is 5.91 Å². The molecule has 6 nitrogen and oxygen atoms in total. The number of carbonyl (C=O) groups excluding carboxylic acids is 2. The van der Waals surface area contributed by atoms with Gasteiger partial charge in [-0.1, -0.05) is 13.8 Å². The van der Waals surface area contributed by atoms with E-state index in [1.165, 1.54) is 6.33 Å². The van der Waals surface area contributed by atoms with Gasteiger partial charge in [0, 0.05) is 25.6 Å². The third-order valence-electron chi connectivity index (χ3n) is 4.57. The Kier molecular flexibility index (Phi) is 6.29. The van der Waals surface area contributed by atoms with Crippen LogP contribution in [0.25, 0.3) is 0 Å². The third-order valence-corrected chi connectivity index (χ3v) is 4.57. The van der Waals surface area contributed by atoms with Crippen LogP contribution in [0.4, 0.5) is 0 Å². The van der Waals surface area contributed by atoms with Crippen molar-refractivity contribution in [2.24, 2.45) is 5.92 Å². The third kappa shape index (κ3) is 4.76. The molecule has 1 aliphatic rings. The molecule has 1 saturated heterocycles. The van der Waals surface area contributed by atoms with Crippen LogP contribution in [0.2, 0.25) is 0 Å². The first-order chi connectivity index (χ1) is 11.4. The molecule has 0 aromatic carbocycles. The zero-order valence-corrected chi connectivity index (χ0v) is 15.1. The van der Waals surface area contributed by atoms with Crippen molar-refractivity contribution in [3.05, 3.63) is 23.3 Å². The van der Waals surface area contributed by atoms with Gasteiger partial charge in [-0.15, -0.1) is 0 Å². The Balaban J connectivity index is 1.96. The average Bonchev–Trinajstić information content (AvgIpc) is 2.67. The zero-order valence-electron chi connectivity index (χ0n) is 15.1. The van der Waals surface area contributed by atoms with E-state index >= 15 is 0 Å². The molecular formula is C18H28N4O2. The molecule has 1 N–H and O–H groups in total. The molecule has 132 valence electrons. The molecule has 2 amide bonds. The molecule has 1 aliphatic heterocycles. The average molecular weight is 332 g/mol. The minimum Gasteiger partial charge on any atom is -0.349 e. The maximum atomic E-state index is 12.6. The fourth-order valence-electron chi connectivity index (χ4n) is 3.01. The molecule has 1 aromatic heterocycles. The van der Waals surface area contributed by atoms with E-state index in [1.54, 1.807) is 0 Å². The number of hydrogen-bond acceptors (Lipinski definition) is 4. The van der Waals surface area contributed by atoms with Gasteiger partial charge in [0.05, 0.1) is 17.0 Å². The first-order valence-corrected chi connectivity index (χ1v) is 8.75. The lowest BCUT2D eigenvalue weighted by Crippen LogP contribution is -2.37. The quantitative estimate of drug-likeness (QED) is 0.897. The highest BCUT2D eigenvalue weighted by atomic mass is 16.2. The van der Waals surface area contributed by atoms with Gasteiger partial charge in [0.1, 0.15) is 6.33 Å². The van der Waals surface area contributed by atoms with Gasteiger partial charge in [-0.2, -0.15) is 0 Å². The van der Waals surface area contributed by atoms with E-state index in [0.29, 0.717) is 42.3 Å². The lowest BCUT2D eigenvalue weighted by molar-refractivity contribution is -0.130. The summed E-state index contributed by atoms with van der Waals surface area (Å²) in [6.45, 7) is 9.47. The topological polar surface area (TPSA) is 75.2 Å². The van der Waals surface area contributed by atoms with Gasteiger partial charge in [0.15, 0.2) is 0 Å². The van der Waals surface area contributed by atoms with E-state index in [4.69, 9.17) is 0 Å². The first-order valence-electron chi connectivity index (χ1n) is 8.75.